The van der Waals surface area contributed by atoms with Crippen molar-refractivity contribution >= 4 is 22.7 Å². The van der Waals surface area contributed by atoms with Crippen molar-refractivity contribution in [2.24, 2.45) is 0 Å². The van der Waals surface area contributed by atoms with Crippen molar-refractivity contribution in [1.82, 2.24) is 15.2 Å². The molecule has 0 unspecified atom stereocenters. The summed E-state index contributed by atoms with van der Waals surface area (Å²) in [6.07, 6.45) is 3.71. The van der Waals surface area contributed by atoms with Crippen LogP contribution in [0.2, 0.25) is 0 Å². The first kappa shape index (κ1) is 13.7. The van der Waals surface area contributed by atoms with Crippen LogP contribution in [0.15, 0.2) is 30.5 Å². The quantitative estimate of drug-likeness (QED) is 0.885. The van der Waals surface area contributed by atoms with Crippen molar-refractivity contribution in [2.75, 3.05) is 13.1 Å². The number of aromatic amines is 1. The third-order valence-corrected chi connectivity index (χ3v) is 4.02. The summed E-state index contributed by atoms with van der Waals surface area (Å²) in [6, 6.07) is 7.63. The molecule has 0 spiro atoms. The lowest BCUT2D eigenvalue weighted by Crippen LogP contribution is -2.49. The molecule has 2 heterocycles. The Kier molecular flexibility index (Phi) is 3.64. The lowest BCUT2D eigenvalue weighted by molar-refractivity contribution is -0.130. The van der Waals surface area contributed by atoms with Crippen LogP contribution in [0.5, 0.6) is 0 Å². The highest BCUT2D eigenvalue weighted by molar-refractivity contribution is 5.98. The highest BCUT2D eigenvalue weighted by Crippen LogP contribution is 2.15. The molecule has 0 bridgehead atoms. The molecule has 1 aromatic carbocycles. The van der Waals surface area contributed by atoms with Gasteiger partial charge in [0.25, 0.3) is 5.91 Å². The van der Waals surface area contributed by atoms with E-state index in [1.165, 1.54) is 0 Å². The molecule has 5 heteroatoms. The molecule has 1 aliphatic rings. The number of fused-ring (bicyclic) bond motifs is 1. The lowest BCUT2D eigenvalue weighted by Gasteiger charge is -2.32. The average molecular weight is 285 g/mol. The largest absolute Gasteiger partial charge is 0.361 e. The Morgan fingerprint density at radius 2 is 2.19 bits per heavy atom. The minimum absolute atomic E-state index is 0.0366. The third kappa shape index (κ3) is 2.91. The molecule has 0 aliphatic carbocycles. The topological polar surface area (TPSA) is 65.2 Å². The maximum absolute atomic E-state index is 12.3. The van der Waals surface area contributed by atoms with Gasteiger partial charge in [-0.25, -0.2) is 0 Å². The number of aromatic nitrogens is 1. The fourth-order valence-electron chi connectivity index (χ4n) is 2.84. The smallest absolute Gasteiger partial charge is 0.251 e. The molecule has 1 fully saturated rings. The molecule has 2 N–H and O–H groups in total. The number of amides is 2. The van der Waals surface area contributed by atoms with Gasteiger partial charge in [-0.2, -0.15) is 0 Å². The van der Waals surface area contributed by atoms with Gasteiger partial charge in [-0.05, 0) is 36.4 Å². The van der Waals surface area contributed by atoms with Crippen LogP contribution in [0, 0.1) is 0 Å². The summed E-state index contributed by atoms with van der Waals surface area (Å²) < 4.78 is 0. The predicted octanol–water partition coefficient (Wildman–Crippen LogP) is 1.91. The van der Waals surface area contributed by atoms with Gasteiger partial charge in [-0.1, -0.05) is 6.07 Å². The Morgan fingerprint density at radius 3 is 3.00 bits per heavy atom. The molecule has 3 rings (SSSR count). The van der Waals surface area contributed by atoms with E-state index in [2.05, 4.69) is 10.3 Å². The standard InChI is InChI=1S/C16H19N3O2/c1-11(20)19-8-2-3-14(10-19)18-16(21)13-5-4-12-6-7-17-15(12)9-13/h4-7,9,14,17H,2-3,8,10H2,1H3,(H,18,21)/t14-/m0/s1. The molecule has 0 radical (unpaired) electrons. The number of likely N-dealkylation sites (tertiary alicyclic amines) is 1. The molecular weight excluding hydrogens is 266 g/mol. The van der Waals surface area contributed by atoms with Gasteiger partial charge in [-0.3, -0.25) is 9.59 Å². The van der Waals surface area contributed by atoms with E-state index in [-0.39, 0.29) is 17.9 Å². The molecule has 1 saturated heterocycles. The molecule has 0 saturated carbocycles. The molecular formula is C16H19N3O2. The maximum Gasteiger partial charge on any atom is 0.251 e. The SMILES string of the molecule is CC(=O)N1CCC[C@H](NC(=O)c2ccc3cc[nH]c3c2)C1. The van der Waals surface area contributed by atoms with Crippen molar-refractivity contribution in [2.45, 2.75) is 25.8 Å². The summed E-state index contributed by atoms with van der Waals surface area (Å²) in [5.41, 5.74) is 1.60. The molecule has 2 aromatic rings. The van der Waals surface area contributed by atoms with Crippen LogP contribution in [0.25, 0.3) is 10.9 Å². The average Bonchev–Trinajstić information content (AvgIpc) is 2.94. The second kappa shape index (κ2) is 5.60. The van der Waals surface area contributed by atoms with Crippen molar-refractivity contribution in [1.29, 1.82) is 0 Å². The van der Waals surface area contributed by atoms with Gasteiger partial charge in [0.1, 0.15) is 0 Å². The van der Waals surface area contributed by atoms with Crippen LogP contribution in [-0.2, 0) is 4.79 Å². The normalized spacial score (nSPS) is 18.7. The molecule has 5 nitrogen and oxygen atoms in total. The number of rotatable bonds is 2. The van der Waals surface area contributed by atoms with E-state index >= 15 is 0 Å². The Morgan fingerprint density at radius 1 is 1.33 bits per heavy atom. The van der Waals surface area contributed by atoms with Crippen molar-refractivity contribution < 1.29 is 9.59 Å². The third-order valence-electron chi connectivity index (χ3n) is 4.02. The number of H-pyrrole nitrogens is 1. The van der Waals surface area contributed by atoms with Gasteiger partial charge in [-0.15, -0.1) is 0 Å². The first-order valence-electron chi connectivity index (χ1n) is 7.27. The lowest BCUT2D eigenvalue weighted by atomic mass is 10.0. The Hall–Kier alpha value is -2.30. The highest BCUT2D eigenvalue weighted by atomic mass is 16.2. The first-order valence-corrected chi connectivity index (χ1v) is 7.27. The number of hydrogen-bond donors (Lipinski definition) is 2. The van der Waals surface area contributed by atoms with E-state index in [9.17, 15) is 9.59 Å². The summed E-state index contributed by atoms with van der Waals surface area (Å²) in [6.45, 7) is 2.96. The van der Waals surface area contributed by atoms with E-state index in [4.69, 9.17) is 0 Å². The molecule has 110 valence electrons. The van der Waals surface area contributed by atoms with Gasteiger partial charge in [0, 0.05) is 43.3 Å². The molecule has 21 heavy (non-hydrogen) atoms. The second-order valence-corrected chi connectivity index (χ2v) is 5.56. The monoisotopic (exact) mass is 285 g/mol. The number of piperidine rings is 1. The highest BCUT2D eigenvalue weighted by Gasteiger charge is 2.23. The van der Waals surface area contributed by atoms with Gasteiger partial charge in [0.2, 0.25) is 5.91 Å². The van der Waals surface area contributed by atoms with Crippen LogP contribution < -0.4 is 5.32 Å². The number of nitrogens with zero attached hydrogens (tertiary/aromatic N) is 1. The number of nitrogens with one attached hydrogen (secondary N) is 2. The zero-order chi connectivity index (χ0) is 14.8. The number of benzene rings is 1. The number of carbonyl (C=O) groups is 2. The summed E-state index contributed by atoms with van der Waals surface area (Å²) in [5.74, 6) is -0.0105. The van der Waals surface area contributed by atoms with E-state index in [0.717, 1.165) is 30.3 Å². The minimum Gasteiger partial charge on any atom is -0.361 e. The first-order chi connectivity index (χ1) is 10.1. The summed E-state index contributed by atoms with van der Waals surface area (Å²) in [5, 5.41) is 4.12. The second-order valence-electron chi connectivity index (χ2n) is 5.56. The van der Waals surface area contributed by atoms with Gasteiger partial charge < -0.3 is 15.2 Å². The Bertz CT molecular complexity index is 677. The molecule has 2 amide bonds. The molecule has 1 aliphatic heterocycles. The fraction of sp³-hybridized carbons (Fsp3) is 0.375. The molecule has 1 atom stereocenters. The number of carbonyl (C=O) groups excluding carboxylic acids is 2. The van der Waals surface area contributed by atoms with Gasteiger partial charge in [0.05, 0.1) is 0 Å². The number of hydrogen-bond acceptors (Lipinski definition) is 2. The fourth-order valence-corrected chi connectivity index (χ4v) is 2.84. The summed E-state index contributed by atoms with van der Waals surface area (Å²) >= 11 is 0. The Balaban J connectivity index is 1.69. The summed E-state index contributed by atoms with van der Waals surface area (Å²) in [7, 11) is 0. The van der Waals surface area contributed by atoms with E-state index in [0.29, 0.717) is 12.1 Å². The zero-order valence-corrected chi connectivity index (χ0v) is 12.1. The van der Waals surface area contributed by atoms with Crippen LogP contribution in [-0.4, -0.2) is 40.8 Å². The van der Waals surface area contributed by atoms with Gasteiger partial charge in [0.15, 0.2) is 0 Å². The van der Waals surface area contributed by atoms with Crippen molar-refractivity contribution in [3.8, 4) is 0 Å². The predicted molar refractivity (Wildman–Crippen MR) is 81.0 cm³/mol. The van der Waals surface area contributed by atoms with Gasteiger partial charge >= 0.3 is 0 Å². The van der Waals surface area contributed by atoms with E-state index in [1.807, 2.05) is 30.5 Å². The minimum atomic E-state index is -0.0816. The van der Waals surface area contributed by atoms with Crippen molar-refractivity contribution in [3.63, 3.8) is 0 Å². The summed E-state index contributed by atoms with van der Waals surface area (Å²) in [4.78, 5) is 28.7. The Labute approximate surface area is 123 Å². The van der Waals surface area contributed by atoms with Crippen LogP contribution in [0.1, 0.15) is 30.1 Å². The van der Waals surface area contributed by atoms with Crippen LogP contribution >= 0.6 is 0 Å². The van der Waals surface area contributed by atoms with Crippen LogP contribution in [0.3, 0.4) is 0 Å². The van der Waals surface area contributed by atoms with Crippen molar-refractivity contribution in [3.05, 3.63) is 36.0 Å². The van der Waals surface area contributed by atoms with Crippen LogP contribution in [0.4, 0.5) is 0 Å². The van der Waals surface area contributed by atoms with E-state index < -0.39 is 0 Å². The molecule has 1 aromatic heterocycles. The maximum atomic E-state index is 12.3. The zero-order valence-electron chi connectivity index (χ0n) is 12.1. The van der Waals surface area contributed by atoms with E-state index in [1.54, 1.807) is 11.8 Å².